The molecule has 1 aromatic rings. The van der Waals surface area contributed by atoms with Crippen molar-refractivity contribution in [3.63, 3.8) is 0 Å². The molecule has 0 aliphatic carbocycles. The second-order valence-electron chi connectivity index (χ2n) is 3.54. The molecule has 0 saturated heterocycles. The van der Waals surface area contributed by atoms with E-state index in [1.54, 1.807) is 7.11 Å². The quantitative estimate of drug-likeness (QED) is 0.838. The van der Waals surface area contributed by atoms with E-state index in [1.165, 1.54) is 11.3 Å². The molecule has 15 heavy (non-hydrogen) atoms. The summed E-state index contributed by atoms with van der Waals surface area (Å²) in [7, 11) is 1.64. The van der Waals surface area contributed by atoms with Crippen molar-refractivity contribution in [3.8, 4) is 0 Å². The van der Waals surface area contributed by atoms with Gasteiger partial charge in [0.1, 0.15) is 0 Å². The van der Waals surface area contributed by atoms with Crippen molar-refractivity contribution in [2.45, 2.75) is 38.4 Å². The molecule has 0 spiro atoms. The number of aliphatic hydroxyl groups is 1. The molecule has 0 bridgehead atoms. The molecule has 1 N–H and O–H groups in total. The summed E-state index contributed by atoms with van der Waals surface area (Å²) >= 11 is 7.34. The van der Waals surface area contributed by atoms with Gasteiger partial charge >= 0.3 is 0 Å². The van der Waals surface area contributed by atoms with E-state index in [0.29, 0.717) is 6.42 Å². The molecule has 2 unspecified atom stereocenters. The first-order chi connectivity index (χ1) is 7.17. The SMILES string of the molecule is CCCC(OC)C(O)Cc1ccc(Cl)s1. The van der Waals surface area contributed by atoms with E-state index >= 15 is 0 Å². The zero-order chi connectivity index (χ0) is 11.3. The summed E-state index contributed by atoms with van der Waals surface area (Å²) in [6.45, 7) is 2.08. The molecule has 1 aromatic heterocycles. The normalized spacial score (nSPS) is 15.2. The van der Waals surface area contributed by atoms with Crippen molar-refractivity contribution in [2.75, 3.05) is 7.11 Å². The Labute approximate surface area is 99.8 Å². The predicted octanol–water partition coefficient (Wildman–Crippen LogP) is 3.12. The van der Waals surface area contributed by atoms with E-state index in [1.807, 2.05) is 12.1 Å². The average Bonchev–Trinajstić information content (AvgIpc) is 2.60. The van der Waals surface area contributed by atoms with Crippen molar-refractivity contribution < 1.29 is 9.84 Å². The molecular formula is C11H17ClO2S. The molecule has 4 heteroatoms. The summed E-state index contributed by atoms with van der Waals surface area (Å²) in [5.41, 5.74) is 0. The van der Waals surface area contributed by atoms with Crippen LogP contribution in [0.3, 0.4) is 0 Å². The first kappa shape index (κ1) is 13.0. The molecule has 1 rings (SSSR count). The lowest BCUT2D eigenvalue weighted by Crippen LogP contribution is -2.29. The Balaban J connectivity index is 2.49. The molecule has 0 fully saturated rings. The molecule has 0 aromatic carbocycles. The number of methoxy groups -OCH3 is 1. The van der Waals surface area contributed by atoms with Crippen LogP contribution in [0.5, 0.6) is 0 Å². The number of rotatable bonds is 6. The second-order valence-corrected chi connectivity index (χ2v) is 5.34. The highest BCUT2D eigenvalue weighted by Crippen LogP contribution is 2.23. The molecule has 0 aliphatic heterocycles. The number of thiophene rings is 1. The van der Waals surface area contributed by atoms with Crippen molar-refractivity contribution in [3.05, 3.63) is 21.3 Å². The molecule has 0 aliphatic rings. The van der Waals surface area contributed by atoms with E-state index in [9.17, 15) is 5.11 Å². The van der Waals surface area contributed by atoms with Gasteiger partial charge in [-0.15, -0.1) is 11.3 Å². The van der Waals surface area contributed by atoms with Crippen molar-refractivity contribution >= 4 is 22.9 Å². The van der Waals surface area contributed by atoms with E-state index in [2.05, 4.69) is 6.92 Å². The van der Waals surface area contributed by atoms with Crippen LogP contribution in [0.2, 0.25) is 4.34 Å². The lowest BCUT2D eigenvalue weighted by molar-refractivity contribution is -0.0155. The van der Waals surface area contributed by atoms with Crippen molar-refractivity contribution in [1.82, 2.24) is 0 Å². The summed E-state index contributed by atoms with van der Waals surface area (Å²) in [4.78, 5) is 1.10. The summed E-state index contributed by atoms with van der Waals surface area (Å²) in [6.07, 6.45) is 2.01. The van der Waals surface area contributed by atoms with Gasteiger partial charge in [0.05, 0.1) is 16.5 Å². The predicted molar refractivity (Wildman–Crippen MR) is 64.7 cm³/mol. The Hall–Kier alpha value is -0.0900. The summed E-state index contributed by atoms with van der Waals surface area (Å²) in [5, 5.41) is 9.94. The Bertz CT molecular complexity index is 288. The monoisotopic (exact) mass is 248 g/mol. The molecule has 2 atom stereocenters. The topological polar surface area (TPSA) is 29.5 Å². The summed E-state index contributed by atoms with van der Waals surface area (Å²) < 4.78 is 6.02. The third kappa shape index (κ3) is 4.11. The van der Waals surface area contributed by atoms with Gasteiger partial charge in [-0.3, -0.25) is 0 Å². The van der Waals surface area contributed by atoms with Crippen LogP contribution < -0.4 is 0 Å². The van der Waals surface area contributed by atoms with Crippen LogP contribution in [0.15, 0.2) is 12.1 Å². The molecular weight excluding hydrogens is 232 g/mol. The molecule has 1 heterocycles. The van der Waals surface area contributed by atoms with Crippen LogP contribution >= 0.6 is 22.9 Å². The Morgan fingerprint density at radius 3 is 2.73 bits per heavy atom. The van der Waals surface area contributed by atoms with Crippen LogP contribution in [0.25, 0.3) is 0 Å². The minimum absolute atomic E-state index is 0.0733. The smallest absolute Gasteiger partial charge is 0.0931 e. The largest absolute Gasteiger partial charge is 0.390 e. The highest BCUT2D eigenvalue weighted by molar-refractivity contribution is 7.16. The van der Waals surface area contributed by atoms with Crippen molar-refractivity contribution in [2.24, 2.45) is 0 Å². The maximum absolute atomic E-state index is 9.94. The maximum atomic E-state index is 9.94. The second kappa shape index (κ2) is 6.48. The van der Waals surface area contributed by atoms with E-state index in [0.717, 1.165) is 22.1 Å². The van der Waals surface area contributed by atoms with Crippen LogP contribution in [-0.2, 0) is 11.2 Å². The fourth-order valence-corrected chi connectivity index (χ4v) is 2.69. The number of ether oxygens (including phenoxy) is 1. The van der Waals surface area contributed by atoms with Gasteiger partial charge in [-0.05, 0) is 18.6 Å². The van der Waals surface area contributed by atoms with Gasteiger partial charge < -0.3 is 9.84 Å². The first-order valence-corrected chi connectivity index (χ1v) is 6.32. The lowest BCUT2D eigenvalue weighted by Gasteiger charge is -2.20. The standard InChI is InChI=1S/C11H17ClO2S/c1-3-4-10(14-2)9(13)7-8-5-6-11(12)15-8/h5-6,9-10,13H,3-4,7H2,1-2H3. The molecule has 0 saturated carbocycles. The van der Waals surface area contributed by atoms with Gasteiger partial charge in [-0.2, -0.15) is 0 Å². The molecule has 0 radical (unpaired) electrons. The molecule has 2 nitrogen and oxygen atoms in total. The third-order valence-corrected chi connectivity index (χ3v) is 3.60. The van der Waals surface area contributed by atoms with E-state index in [-0.39, 0.29) is 6.10 Å². The Morgan fingerprint density at radius 2 is 2.27 bits per heavy atom. The summed E-state index contributed by atoms with van der Waals surface area (Å²) in [6, 6.07) is 3.81. The Morgan fingerprint density at radius 1 is 1.53 bits per heavy atom. The van der Waals surface area contributed by atoms with Gasteiger partial charge in [0.15, 0.2) is 0 Å². The fraction of sp³-hybridized carbons (Fsp3) is 0.636. The van der Waals surface area contributed by atoms with Crippen LogP contribution in [0, 0.1) is 0 Å². The minimum Gasteiger partial charge on any atom is -0.390 e. The van der Waals surface area contributed by atoms with Gasteiger partial charge in [0, 0.05) is 18.4 Å². The van der Waals surface area contributed by atoms with Gasteiger partial charge in [-0.25, -0.2) is 0 Å². The van der Waals surface area contributed by atoms with Crippen molar-refractivity contribution in [1.29, 1.82) is 0 Å². The Kier molecular flexibility index (Phi) is 5.61. The number of aliphatic hydroxyl groups excluding tert-OH is 1. The highest BCUT2D eigenvalue weighted by Gasteiger charge is 2.18. The molecule has 86 valence electrons. The van der Waals surface area contributed by atoms with Crippen LogP contribution in [0.1, 0.15) is 24.6 Å². The van der Waals surface area contributed by atoms with E-state index < -0.39 is 6.10 Å². The van der Waals surface area contributed by atoms with Crippen LogP contribution in [0.4, 0.5) is 0 Å². The lowest BCUT2D eigenvalue weighted by atomic mass is 10.1. The summed E-state index contributed by atoms with van der Waals surface area (Å²) in [5.74, 6) is 0. The minimum atomic E-state index is -0.440. The number of halogens is 1. The number of hydrogen-bond acceptors (Lipinski definition) is 3. The zero-order valence-electron chi connectivity index (χ0n) is 9.07. The van der Waals surface area contributed by atoms with Crippen LogP contribution in [-0.4, -0.2) is 24.4 Å². The third-order valence-electron chi connectivity index (χ3n) is 2.34. The first-order valence-electron chi connectivity index (χ1n) is 5.12. The average molecular weight is 249 g/mol. The number of hydrogen-bond donors (Lipinski definition) is 1. The van der Waals surface area contributed by atoms with E-state index in [4.69, 9.17) is 16.3 Å². The zero-order valence-corrected chi connectivity index (χ0v) is 10.6. The molecule has 0 amide bonds. The van der Waals surface area contributed by atoms with Gasteiger partial charge in [0.2, 0.25) is 0 Å². The van der Waals surface area contributed by atoms with Gasteiger partial charge in [-0.1, -0.05) is 24.9 Å². The highest BCUT2D eigenvalue weighted by atomic mass is 35.5. The van der Waals surface area contributed by atoms with Gasteiger partial charge in [0.25, 0.3) is 0 Å². The fourth-order valence-electron chi connectivity index (χ4n) is 1.55. The maximum Gasteiger partial charge on any atom is 0.0931 e.